The van der Waals surface area contributed by atoms with Crippen LogP contribution in [-0.2, 0) is 4.79 Å². The maximum absolute atomic E-state index is 11.7. The summed E-state index contributed by atoms with van der Waals surface area (Å²) in [6.07, 6.45) is 0.274. The standard InChI is InChI=1S/C8H9B5O/c1-6(2)3-7(10,11)5(14)8(12,13)4(6)9/h4H,3H2,1-2H3. The van der Waals surface area contributed by atoms with E-state index in [4.69, 9.17) is 39.2 Å². The summed E-state index contributed by atoms with van der Waals surface area (Å²) in [7, 11) is 28.4. The van der Waals surface area contributed by atoms with E-state index in [0.29, 0.717) is 0 Å². The molecule has 1 nitrogen and oxygen atoms in total. The summed E-state index contributed by atoms with van der Waals surface area (Å²) in [4.78, 5) is 11.7. The lowest BCUT2D eigenvalue weighted by atomic mass is 9.26. The van der Waals surface area contributed by atoms with E-state index in [1.54, 1.807) is 0 Å². The molecule has 1 aliphatic rings. The van der Waals surface area contributed by atoms with Crippen LogP contribution in [0.15, 0.2) is 0 Å². The summed E-state index contributed by atoms with van der Waals surface area (Å²) in [6.45, 7) is 3.68. The topological polar surface area (TPSA) is 17.1 Å². The molecule has 14 heavy (non-hydrogen) atoms. The van der Waals surface area contributed by atoms with E-state index in [1.807, 2.05) is 13.8 Å². The second-order valence-corrected chi connectivity index (χ2v) is 4.95. The molecule has 1 atom stereocenters. The molecule has 1 saturated carbocycles. The lowest BCUT2D eigenvalue weighted by Crippen LogP contribution is -2.50. The predicted octanol–water partition coefficient (Wildman–Crippen LogP) is -0.151. The van der Waals surface area contributed by atoms with Gasteiger partial charge in [-0.05, 0) is 15.8 Å². The second-order valence-electron chi connectivity index (χ2n) is 4.95. The van der Waals surface area contributed by atoms with Crippen molar-refractivity contribution < 1.29 is 4.79 Å². The zero-order chi connectivity index (χ0) is 11.4. The Balaban J connectivity index is 3.17. The summed E-state index contributed by atoms with van der Waals surface area (Å²) in [6, 6.07) is 0. The van der Waals surface area contributed by atoms with Crippen molar-refractivity contribution in [2.75, 3.05) is 0 Å². The van der Waals surface area contributed by atoms with Gasteiger partial charge in [0.1, 0.15) is 5.78 Å². The van der Waals surface area contributed by atoms with E-state index < -0.39 is 27.4 Å². The zero-order valence-electron chi connectivity index (χ0n) is 8.58. The zero-order valence-corrected chi connectivity index (χ0v) is 8.58. The monoisotopic (exact) mass is 176 g/mol. The highest BCUT2D eigenvalue weighted by Gasteiger charge is 2.51. The number of ketones is 1. The molecular formula is C8H9B5O. The Kier molecular flexibility index (Phi) is 2.58. The van der Waals surface area contributed by atoms with Crippen LogP contribution in [-0.4, -0.2) is 45.0 Å². The van der Waals surface area contributed by atoms with Crippen molar-refractivity contribution in [3.05, 3.63) is 0 Å². The van der Waals surface area contributed by atoms with Crippen molar-refractivity contribution >= 4 is 45.0 Å². The van der Waals surface area contributed by atoms with Gasteiger partial charge in [-0.1, -0.05) is 26.1 Å². The fourth-order valence-electron chi connectivity index (χ4n) is 2.14. The molecule has 0 heterocycles. The number of Topliss-reactive ketones (excluding diaryl/α,β-unsaturated/α-hetero) is 1. The smallest absolute Gasteiger partial charge is 0.111 e. The molecule has 0 spiro atoms. The summed E-state index contributed by atoms with van der Waals surface area (Å²) in [5, 5.41) is -3.13. The van der Waals surface area contributed by atoms with E-state index in [2.05, 4.69) is 0 Å². The average Bonchev–Trinajstić information content (AvgIpc) is 1.97. The molecule has 62 valence electrons. The van der Waals surface area contributed by atoms with Crippen LogP contribution in [0.4, 0.5) is 0 Å². The molecule has 1 fully saturated rings. The predicted molar refractivity (Wildman–Crippen MR) is 61.3 cm³/mol. The SMILES string of the molecule is [B]C1C(C)(C)CC([B])([B])C(=O)C1([B])[B]. The third kappa shape index (κ3) is 1.61. The molecule has 0 amide bonds. The molecule has 1 rings (SSSR count). The van der Waals surface area contributed by atoms with Gasteiger partial charge in [0.15, 0.2) is 0 Å². The number of carbonyl (C=O) groups excluding carboxylic acids is 1. The fraction of sp³-hybridized carbons (Fsp3) is 0.875. The highest BCUT2D eigenvalue weighted by molar-refractivity contribution is 6.64. The van der Waals surface area contributed by atoms with Gasteiger partial charge in [-0.2, -0.15) is 0 Å². The Morgan fingerprint density at radius 2 is 1.64 bits per heavy atom. The van der Waals surface area contributed by atoms with Gasteiger partial charge < -0.3 is 4.79 Å². The number of hydrogen-bond donors (Lipinski definition) is 0. The highest BCUT2D eigenvalue weighted by Crippen LogP contribution is 2.59. The minimum atomic E-state index is -1.65. The lowest BCUT2D eigenvalue weighted by molar-refractivity contribution is -0.124. The number of rotatable bonds is 0. The van der Waals surface area contributed by atoms with Crippen molar-refractivity contribution in [3.8, 4) is 0 Å². The first-order chi connectivity index (χ1) is 6.02. The van der Waals surface area contributed by atoms with Crippen LogP contribution < -0.4 is 0 Å². The summed E-state index contributed by atoms with van der Waals surface area (Å²) >= 11 is 0. The minimum Gasteiger partial charge on any atom is -0.302 e. The van der Waals surface area contributed by atoms with Crippen LogP contribution in [0.2, 0.25) is 16.2 Å². The quantitative estimate of drug-likeness (QED) is 0.468. The molecule has 0 N–H and O–H groups in total. The Hall–Kier alpha value is -0.00532. The maximum Gasteiger partial charge on any atom is 0.111 e. The Morgan fingerprint density at radius 1 is 1.21 bits per heavy atom. The first kappa shape index (κ1) is 12.1. The molecule has 10 radical (unpaired) electrons. The first-order valence-electron chi connectivity index (χ1n) is 4.48. The summed E-state index contributed by atoms with van der Waals surface area (Å²) in [5.41, 5.74) is -0.457. The molecular weight excluding hydrogens is 166 g/mol. The van der Waals surface area contributed by atoms with Gasteiger partial charge in [0.05, 0.1) is 39.2 Å². The number of hydrogen-bond acceptors (Lipinski definition) is 1. The molecule has 0 bridgehead atoms. The van der Waals surface area contributed by atoms with Crippen molar-refractivity contribution in [2.24, 2.45) is 5.41 Å². The van der Waals surface area contributed by atoms with E-state index >= 15 is 0 Å². The second kappa shape index (κ2) is 2.99. The van der Waals surface area contributed by atoms with Gasteiger partial charge in [0.2, 0.25) is 0 Å². The molecule has 1 aliphatic carbocycles. The van der Waals surface area contributed by atoms with Gasteiger partial charge in [-0.25, -0.2) is 0 Å². The van der Waals surface area contributed by atoms with Gasteiger partial charge >= 0.3 is 0 Å². The molecule has 0 aliphatic heterocycles. The van der Waals surface area contributed by atoms with Gasteiger partial charge in [0, 0.05) is 0 Å². The first-order valence-corrected chi connectivity index (χ1v) is 4.48. The molecule has 0 aromatic heterocycles. The average molecular weight is 175 g/mol. The number of carbonyl (C=O) groups is 1. The Labute approximate surface area is 92.2 Å². The van der Waals surface area contributed by atoms with Crippen LogP contribution in [0.5, 0.6) is 0 Å². The van der Waals surface area contributed by atoms with E-state index in [1.165, 1.54) is 0 Å². The molecule has 1 unspecified atom stereocenters. The fourth-order valence-corrected chi connectivity index (χ4v) is 2.14. The lowest BCUT2D eigenvalue weighted by Gasteiger charge is -2.55. The van der Waals surface area contributed by atoms with Gasteiger partial charge in [-0.15, -0.1) is 0 Å². The normalized spacial score (nSPS) is 33.9. The van der Waals surface area contributed by atoms with Crippen molar-refractivity contribution in [1.82, 2.24) is 0 Å². The molecule has 6 heteroatoms. The van der Waals surface area contributed by atoms with Crippen LogP contribution in [0, 0.1) is 5.41 Å². The van der Waals surface area contributed by atoms with E-state index in [9.17, 15) is 4.79 Å². The van der Waals surface area contributed by atoms with Crippen molar-refractivity contribution in [2.45, 2.75) is 36.5 Å². The Morgan fingerprint density at radius 3 is 2.07 bits per heavy atom. The third-order valence-corrected chi connectivity index (χ3v) is 2.92. The highest BCUT2D eigenvalue weighted by atomic mass is 16.1. The Bertz CT molecular complexity index is 271. The minimum absolute atomic E-state index is 0.274. The van der Waals surface area contributed by atoms with Crippen LogP contribution in [0.3, 0.4) is 0 Å². The largest absolute Gasteiger partial charge is 0.302 e. The summed E-state index contributed by atoms with van der Waals surface area (Å²) < 4.78 is 0. The van der Waals surface area contributed by atoms with E-state index in [0.717, 1.165) is 0 Å². The summed E-state index contributed by atoms with van der Waals surface area (Å²) in [5.74, 6) is -1.24. The molecule has 0 aromatic carbocycles. The van der Waals surface area contributed by atoms with Crippen LogP contribution in [0.25, 0.3) is 0 Å². The van der Waals surface area contributed by atoms with Crippen LogP contribution >= 0.6 is 0 Å². The van der Waals surface area contributed by atoms with Crippen molar-refractivity contribution in [3.63, 3.8) is 0 Å². The molecule has 0 aromatic rings. The van der Waals surface area contributed by atoms with Crippen LogP contribution in [0.1, 0.15) is 20.3 Å². The van der Waals surface area contributed by atoms with Gasteiger partial charge in [-0.3, -0.25) is 0 Å². The van der Waals surface area contributed by atoms with Gasteiger partial charge in [0.25, 0.3) is 0 Å². The van der Waals surface area contributed by atoms with E-state index in [-0.39, 0.29) is 6.42 Å². The maximum atomic E-state index is 11.7. The molecule has 0 saturated heterocycles. The van der Waals surface area contributed by atoms with Crippen molar-refractivity contribution in [1.29, 1.82) is 0 Å². The third-order valence-electron chi connectivity index (χ3n) is 2.92.